The van der Waals surface area contributed by atoms with E-state index in [-0.39, 0.29) is 23.3 Å². The summed E-state index contributed by atoms with van der Waals surface area (Å²) in [6.07, 6.45) is -3.64. The van der Waals surface area contributed by atoms with Gasteiger partial charge in [0.05, 0.1) is 5.56 Å². The van der Waals surface area contributed by atoms with E-state index in [9.17, 15) is 18.0 Å². The molecule has 1 unspecified atom stereocenters. The van der Waals surface area contributed by atoms with Gasteiger partial charge in [-0.25, -0.2) is 0 Å². The van der Waals surface area contributed by atoms with Gasteiger partial charge in [0.25, 0.3) is 0 Å². The molecule has 1 aromatic carbocycles. The zero-order valence-electron chi connectivity index (χ0n) is 10.1. The Morgan fingerprint density at radius 2 is 2.11 bits per heavy atom. The maximum Gasteiger partial charge on any atom is 0.418 e. The number of nitrogens with two attached hydrogens (primary N) is 1. The molecule has 0 aromatic heterocycles. The monoisotopic (exact) mass is 273 g/mol. The van der Waals surface area contributed by atoms with Gasteiger partial charge in [0.15, 0.2) is 0 Å². The lowest BCUT2D eigenvalue weighted by Gasteiger charge is -2.26. The van der Waals surface area contributed by atoms with Crippen LogP contribution in [-0.2, 0) is 11.0 Å². The number of carbonyl (C=O) groups is 1. The van der Waals surface area contributed by atoms with E-state index in [2.05, 4.69) is 10.6 Å². The molecular weight excluding hydrogens is 259 g/mol. The van der Waals surface area contributed by atoms with Crippen molar-refractivity contribution in [3.63, 3.8) is 0 Å². The minimum absolute atomic E-state index is 0.0113. The van der Waals surface area contributed by atoms with Crippen LogP contribution in [0.25, 0.3) is 0 Å². The average Bonchev–Trinajstić information content (AvgIpc) is 2.33. The quantitative estimate of drug-likeness (QED) is 0.722. The molecule has 1 fully saturated rings. The number of nitrogens with one attached hydrogen (secondary N) is 2. The van der Waals surface area contributed by atoms with Gasteiger partial charge in [-0.05, 0) is 24.6 Å². The van der Waals surface area contributed by atoms with Gasteiger partial charge in [-0.2, -0.15) is 13.2 Å². The molecule has 104 valence electrons. The maximum absolute atomic E-state index is 12.9. The van der Waals surface area contributed by atoms with Gasteiger partial charge >= 0.3 is 6.18 Å². The Balaban J connectivity index is 2.18. The molecule has 7 heteroatoms. The summed E-state index contributed by atoms with van der Waals surface area (Å²) in [6.45, 7) is 0.320. The third-order valence-corrected chi connectivity index (χ3v) is 2.97. The molecule has 0 aliphatic carbocycles. The van der Waals surface area contributed by atoms with Crippen LogP contribution in [0.3, 0.4) is 0 Å². The molecule has 19 heavy (non-hydrogen) atoms. The predicted octanol–water partition coefficient (Wildman–Crippen LogP) is 1.98. The molecule has 2 rings (SSSR count). The third-order valence-electron chi connectivity index (χ3n) is 2.97. The fourth-order valence-electron chi connectivity index (χ4n) is 2.00. The van der Waals surface area contributed by atoms with Gasteiger partial charge in [-0.3, -0.25) is 4.79 Å². The number of halogens is 3. The van der Waals surface area contributed by atoms with Crippen LogP contribution in [0.4, 0.5) is 24.5 Å². The fraction of sp³-hybridized carbons (Fsp3) is 0.417. The second-order valence-corrected chi connectivity index (χ2v) is 4.49. The van der Waals surface area contributed by atoms with Crippen molar-refractivity contribution in [1.29, 1.82) is 0 Å². The summed E-state index contributed by atoms with van der Waals surface area (Å²) in [7, 11) is 0. The summed E-state index contributed by atoms with van der Waals surface area (Å²) in [5.74, 6) is -0.0774. The Morgan fingerprint density at radius 1 is 1.37 bits per heavy atom. The van der Waals surface area contributed by atoms with Crippen LogP contribution in [0.1, 0.15) is 18.4 Å². The number of benzene rings is 1. The highest BCUT2D eigenvalue weighted by atomic mass is 19.4. The van der Waals surface area contributed by atoms with E-state index in [1.54, 1.807) is 0 Å². The van der Waals surface area contributed by atoms with E-state index in [1.807, 2.05) is 0 Å². The van der Waals surface area contributed by atoms with E-state index in [4.69, 9.17) is 5.73 Å². The number of alkyl halides is 3. The highest BCUT2D eigenvalue weighted by Crippen LogP contribution is 2.36. The SMILES string of the molecule is Nc1ccc(NC2CCC(=O)NC2)c(C(F)(F)F)c1. The molecule has 1 aliphatic heterocycles. The van der Waals surface area contributed by atoms with Gasteiger partial charge in [0, 0.05) is 30.4 Å². The topological polar surface area (TPSA) is 67.1 Å². The minimum atomic E-state index is -4.46. The highest BCUT2D eigenvalue weighted by molar-refractivity contribution is 5.77. The van der Waals surface area contributed by atoms with Crippen LogP contribution in [0.5, 0.6) is 0 Å². The average molecular weight is 273 g/mol. The lowest BCUT2D eigenvalue weighted by Crippen LogP contribution is -2.42. The first-order valence-electron chi connectivity index (χ1n) is 5.86. The van der Waals surface area contributed by atoms with Crippen molar-refractivity contribution in [2.24, 2.45) is 0 Å². The van der Waals surface area contributed by atoms with Gasteiger partial charge in [-0.1, -0.05) is 0 Å². The van der Waals surface area contributed by atoms with Crippen molar-refractivity contribution in [3.8, 4) is 0 Å². The molecule has 1 heterocycles. The van der Waals surface area contributed by atoms with Crippen LogP contribution in [0.2, 0.25) is 0 Å². The van der Waals surface area contributed by atoms with Crippen molar-refractivity contribution in [2.45, 2.75) is 25.1 Å². The lowest BCUT2D eigenvalue weighted by atomic mass is 10.1. The first kappa shape index (κ1) is 13.5. The summed E-state index contributed by atoms with van der Waals surface area (Å²) in [5, 5.41) is 5.43. The van der Waals surface area contributed by atoms with Crippen LogP contribution < -0.4 is 16.4 Å². The van der Waals surface area contributed by atoms with Crippen LogP contribution >= 0.6 is 0 Å². The number of carbonyl (C=O) groups excluding carboxylic acids is 1. The fourth-order valence-corrected chi connectivity index (χ4v) is 2.00. The molecule has 1 aliphatic rings. The molecule has 4 nitrogen and oxygen atoms in total. The van der Waals surface area contributed by atoms with Crippen molar-refractivity contribution in [3.05, 3.63) is 23.8 Å². The van der Waals surface area contributed by atoms with Gasteiger partial charge < -0.3 is 16.4 Å². The summed E-state index contributed by atoms with van der Waals surface area (Å²) in [5.41, 5.74) is 4.66. The van der Waals surface area contributed by atoms with Crippen LogP contribution in [-0.4, -0.2) is 18.5 Å². The first-order chi connectivity index (χ1) is 8.86. The standard InChI is InChI=1S/C12H14F3N3O/c13-12(14,15)9-5-7(16)1-3-10(9)18-8-2-4-11(19)17-6-8/h1,3,5,8,18H,2,4,6,16H2,(H,17,19). The maximum atomic E-state index is 12.9. The number of amides is 1. The second kappa shape index (κ2) is 4.99. The van der Waals surface area contributed by atoms with E-state index in [0.717, 1.165) is 6.07 Å². The van der Waals surface area contributed by atoms with E-state index in [0.29, 0.717) is 19.4 Å². The Bertz CT molecular complexity index is 478. The van der Waals surface area contributed by atoms with Gasteiger partial charge in [-0.15, -0.1) is 0 Å². The summed E-state index contributed by atoms with van der Waals surface area (Å²) >= 11 is 0. The predicted molar refractivity (Wildman–Crippen MR) is 65.5 cm³/mol. The summed E-state index contributed by atoms with van der Waals surface area (Å²) < 4.78 is 38.6. The molecule has 0 bridgehead atoms. The molecule has 1 atom stereocenters. The molecule has 0 spiro atoms. The lowest BCUT2D eigenvalue weighted by molar-refractivity contribution is -0.137. The largest absolute Gasteiger partial charge is 0.418 e. The Kier molecular flexibility index (Phi) is 3.55. The molecule has 1 saturated heterocycles. The zero-order valence-corrected chi connectivity index (χ0v) is 10.1. The highest BCUT2D eigenvalue weighted by Gasteiger charge is 2.34. The van der Waals surface area contributed by atoms with Gasteiger partial charge in [0.2, 0.25) is 5.91 Å². The van der Waals surface area contributed by atoms with Crippen LogP contribution in [0.15, 0.2) is 18.2 Å². The number of hydrogen-bond donors (Lipinski definition) is 3. The third kappa shape index (κ3) is 3.30. The van der Waals surface area contributed by atoms with Crippen molar-refractivity contribution >= 4 is 17.3 Å². The molecule has 1 amide bonds. The van der Waals surface area contributed by atoms with Crippen LogP contribution in [0, 0.1) is 0 Å². The molecule has 4 N–H and O–H groups in total. The Morgan fingerprint density at radius 3 is 2.68 bits per heavy atom. The number of piperidine rings is 1. The smallest absolute Gasteiger partial charge is 0.399 e. The Hall–Kier alpha value is -1.92. The van der Waals surface area contributed by atoms with Gasteiger partial charge in [0.1, 0.15) is 0 Å². The summed E-state index contributed by atoms with van der Waals surface area (Å²) in [4.78, 5) is 11.0. The number of rotatable bonds is 2. The van der Waals surface area contributed by atoms with Crippen molar-refractivity contribution in [1.82, 2.24) is 5.32 Å². The minimum Gasteiger partial charge on any atom is -0.399 e. The second-order valence-electron chi connectivity index (χ2n) is 4.49. The molecule has 1 aromatic rings. The molecular formula is C12H14F3N3O. The number of nitrogen functional groups attached to an aromatic ring is 1. The summed E-state index contributed by atoms with van der Waals surface area (Å²) in [6, 6.07) is 3.43. The zero-order chi connectivity index (χ0) is 14.0. The van der Waals surface area contributed by atoms with E-state index in [1.165, 1.54) is 12.1 Å². The van der Waals surface area contributed by atoms with Crippen molar-refractivity contribution in [2.75, 3.05) is 17.6 Å². The van der Waals surface area contributed by atoms with E-state index < -0.39 is 11.7 Å². The number of hydrogen-bond acceptors (Lipinski definition) is 3. The normalized spacial score (nSPS) is 19.9. The first-order valence-corrected chi connectivity index (χ1v) is 5.86. The number of anilines is 2. The van der Waals surface area contributed by atoms with E-state index >= 15 is 0 Å². The van der Waals surface area contributed by atoms with Crippen molar-refractivity contribution < 1.29 is 18.0 Å². The molecule has 0 radical (unpaired) electrons. The Labute approximate surface area is 108 Å². The molecule has 0 saturated carbocycles.